The summed E-state index contributed by atoms with van der Waals surface area (Å²) < 4.78 is 45.6. The Morgan fingerprint density at radius 1 is 1.24 bits per heavy atom. The van der Waals surface area contributed by atoms with Crippen LogP contribution in [0.2, 0.25) is 0 Å². The first-order chi connectivity index (χ1) is 9.92. The molecule has 0 aliphatic carbocycles. The third-order valence-electron chi connectivity index (χ3n) is 2.64. The quantitative estimate of drug-likeness (QED) is 0.832. The van der Waals surface area contributed by atoms with E-state index in [0.717, 1.165) is 12.1 Å². The second kappa shape index (κ2) is 6.01. The molecule has 0 bridgehead atoms. The Labute approximate surface area is 122 Å². The van der Waals surface area contributed by atoms with Crippen molar-refractivity contribution in [3.63, 3.8) is 0 Å². The van der Waals surface area contributed by atoms with Crippen molar-refractivity contribution >= 4 is 21.4 Å². The van der Waals surface area contributed by atoms with Crippen LogP contribution in [0.15, 0.2) is 47.4 Å². The minimum atomic E-state index is -3.95. The van der Waals surface area contributed by atoms with Crippen molar-refractivity contribution < 1.29 is 17.5 Å². The molecule has 0 aliphatic rings. The monoisotopic (exact) mass is 310 g/mol. The van der Waals surface area contributed by atoms with Crippen LogP contribution in [0.5, 0.6) is 5.75 Å². The van der Waals surface area contributed by atoms with Gasteiger partial charge in [-0.1, -0.05) is 12.1 Å². The smallest absolute Gasteiger partial charge is 0.262 e. The zero-order valence-corrected chi connectivity index (χ0v) is 12.2. The SMILES string of the molecule is CCOc1ccccc1NS(=O)(=O)c1cc(N)cc(F)c1. The molecule has 7 heteroatoms. The topological polar surface area (TPSA) is 81.4 Å². The maximum Gasteiger partial charge on any atom is 0.262 e. The van der Waals surface area contributed by atoms with Crippen LogP contribution in [0.1, 0.15) is 6.92 Å². The highest BCUT2D eigenvalue weighted by atomic mass is 32.2. The number of nitrogens with two attached hydrogens (primary N) is 1. The fourth-order valence-corrected chi connectivity index (χ4v) is 2.91. The Balaban J connectivity index is 2.37. The van der Waals surface area contributed by atoms with Gasteiger partial charge in [-0.05, 0) is 37.3 Å². The van der Waals surface area contributed by atoms with Gasteiger partial charge in [0, 0.05) is 5.69 Å². The first-order valence-electron chi connectivity index (χ1n) is 6.23. The van der Waals surface area contributed by atoms with Crippen molar-refractivity contribution in [2.24, 2.45) is 0 Å². The molecule has 0 saturated carbocycles. The minimum absolute atomic E-state index is 0.0356. The lowest BCUT2D eigenvalue weighted by Gasteiger charge is -2.13. The van der Waals surface area contributed by atoms with Gasteiger partial charge in [-0.2, -0.15) is 0 Å². The van der Waals surface area contributed by atoms with Crippen molar-refractivity contribution in [2.75, 3.05) is 17.1 Å². The molecule has 2 rings (SSSR count). The Morgan fingerprint density at radius 3 is 2.62 bits per heavy atom. The van der Waals surface area contributed by atoms with Crippen LogP contribution >= 0.6 is 0 Å². The van der Waals surface area contributed by atoms with Crippen LogP contribution in [0.25, 0.3) is 0 Å². The second-order valence-electron chi connectivity index (χ2n) is 4.25. The van der Waals surface area contributed by atoms with Gasteiger partial charge in [-0.15, -0.1) is 0 Å². The average Bonchev–Trinajstić information content (AvgIpc) is 2.40. The third-order valence-corrected chi connectivity index (χ3v) is 3.98. The van der Waals surface area contributed by atoms with E-state index in [0.29, 0.717) is 12.4 Å². The molecule has 0 amide bonds. The Hall–Kier alpha value is -2.28. The van der Waals surface area contributed by atoms with E-state index in [1.807, 2.05) is 0 Å². The number of sulfonamides is 1. The van der Waals surface area contributed by atoms with Gasteiger partial charge in [0.1, 0.15) is 11.6 Å². The zero-order chi connectivity index (χ0) is 15.5. The van der Waals surface area contributed by atoms with E-state index in [1.54, 1.807) is 31.2 Å². The number of para-hydroxylation sites is 2. The predicted molar refractivity (Wildman–Crippen MR) is 79.2 cm³/mol. The number of nitrogen functional groups attached to an aromatic ring is 1. The minimum Gasteiger partial charge on any atom is -0.492 e. The molecule has 0 fully saturated rings. The van der Waals surface area contributed by atoms with Gasteiger partial charge in [0.25, 0.3) is 10.0 Å². The molecule has 3 N–H and O–H groups in total. The van der Waals surface area contributed by atoms with E-state index in [9.17, 15) is 12.8 Å². The molecule has 112 valence electrons. The lowest BCUT2D eigenvalue weighted by Crippen LogP contribution is -2.14. The fourth-order valence-electron chi connectivity index (χ4n) is 1.78. The highest BCUT2D eigenvalue weighted by molar-refractivity contribution is 7.92. The highest BCUT2D eigenvalue weighted by Gasteiger charge is 2.17. The maximum absolute atomic E-state index is 13.3. The molecular weight excluding hydrogens is 295 g/mol. The van der Waals surface area contributed by atoms with E-state index in [2.05, 4.69) is 4.72 Å². The van der Waals surface area contributed by atoms with Crippen LogP contribution in [-0.4, -0.2) is 15.0 Å². The molecule has 0 saturated heterocycles. The lowest BCUT2D eigenvalue weighted by molar-refractivity contribution is 0.342. The molecule has 0 aliphatic heterocycles. The van der Waals surface area contributed by atoms with E-state index in [1.165, 1.54) is 6.07 Å². The van der Waals surface area contributed by atoms with Crippen molar-refractivity contribution in [1.29, 1.82) is 0 Å². The molecule has 2 aromatic rings. The van der Waals surface area contributed by atoms with Crippen LogP contribution < -0.4 is 15.2 Å². The molecule has 0 aromatic heterocycles. The molecule has 21 heavy (non-hydrogen) atoms. The summed E-state index contributed by atoms with van der Waals surface area (Å²) in [4.78, 5) is -0.244. The van der Waals surface area contributed by atoms with Gasteiger partial charge >= 0.3 is 0 Å². The first-order valence-corrected chi connectivity index (χ1v) is 7.71. The fraction of sp³-hybridized carbons (Fsp3) is 0.143. The van der Waals surface area contributed by atoms with E-state index in [-0.39, 0.29) is 16.3 Å². The van der Waals surface area contributed by atoms with Gasteiger partial charge in [-0.25, -0.2) is 12.8 Å². The van der Waals surface area contributed by atoms with Crippen molar-refractivity contribution in [1.82, 2.24) is 0 Å². The molecule has 0 unspecified atom stereocenters. The van der Waals surface area contributed by atoms with Gasteiger partial charge in [0.2, 0.25) is 0 Å². The average molecular weight is 310 g/mol. The van der Waals surface area contributed by atoms with Crippen LogP contribution in [-0.2, 0) is 10.0 Å². The van der Waals surface area contributed by atoms with Crippen LogP contribution in [0.4, 0.5) is 15.8 Å². The number of rotatable bonds is 5. The number of ether oxygens (including phenoxy) is 1. The Morgan fingerprint density at radius 2 is 1.95 bits per heavy atom. The summed E-state index contributed by atoms with van der Waals surface area (Å²) in [5.74, 6) is -0.318. The summed E-state index contributed by atoms with van der Waals surface area (Å²) in [6.45, 7) is 2.18. The number of benzene rings is 2. The lowest BCUT2D eigenvalue weighted by atomic mass is 10.3. The van der Waals surface area contributed by atoms with Crippen LogP contribution in [0, 0.1) is 5.82 Å². The third kappa shape index (κ3) is 3.63. The number of anilines is 2. The van der Waals surface area contributed by atoms with E-state index >= 15 is 0 Å². The summed E-state index contributed by atoms with van der Waals surface area (Å²) in [5, 5.41) is 0. The van der Waals surface area contributed by atoms with Gasteiger partial charge in [0.05, 0.1) is 17.2 Å². The molecule has 0 radical (unpaired) electrons. The van der Waals surface area contributed by atoms with Crippen molar-refractivity contribution in [3.05, 3.63) is 48.3 Å². The molecular formula is C14H15FN2O3S. The summed E-state index contributed by atoms with van der Waals surface area (Å²) in [5.41, 5.74) is 5.79. The van der Waals surface area contributed by atoms with E-state index in [4.69, 9.17) is 10.5 Å². The van der Waals surface area contributed by atoms with Gasteiger partial charge in [-0.3, -0.25) is 4.72 Å². The van der Waals surface area contributed by atoms with Crippen molar-refractivity contribution in [2.45, 2.75) is 11.8 Å². The maximum atomic E-state index is 13.3. The number of halogens is 1. The number of hydrogen-bond acceptors (Lipinski definition) is 4. The van der Waals surface area contributed by atoms with Gasteiger partial charge < -0.3 is 10.5 Å². The molecule has 0 atom stereocenters. The summed E-state index contributed by atoms with van der Waals surface area (Å²) in [7, 11) is -3.95. The van der Waals surface area contributed by atoms with Crippen molar-refractivity contribution in [3.8, 4) is 5.75 Å². The zero-order valence-electron chi connectivity index (χ0n) is 11.3. The van der Waals surface area contributed by atoms with Gasteiger partial charge in [0.15, 0.2) is 0 Å². The molecule has 0 spiro atoms. The second-order valence-corrected chi connectivity index (χ2v) is 5.94. The molecule has 5 nitrogen and oxygen atoms in total. The Kier molecular flexibility index (Phi) is 4.32. The number of hydrogen-bond donors (Lipinski definition) is 2. The predicted octanol–water partition coefficient (Wildman–Crippen LogP) is 2.61. The Bertz CT molecular complexity index is 727. The summed E-state index contributed by atoms with van der Waals surface area (Å²) in [6.07, 6.45) is 0. The largest absolute Gasteiger partial charge is 0.492 e. The van der Waals surface area contributed by atoms with Crippen LogP contribution in [0.3, 0.4) is 0 Å². The summed E-state index contributed by atoms with van der Waals surface area (Å²) in [6, 6.07) is 9.74. The normalized spacial score (nSPS) is 11.1. The first kappa shape index (κ1) is 15.1. The molecule has 2 aromatic carbocycles. The van der Waals surface area contributed by atoms with E-state index < -0.39 is 15.8 Å². The highest BCUT2D eigenvalue weighted by Crippen LogP contribution is 2.27. The molecule has 0 heterocycles. The standard InChI is InChI=1S/C14H15FN2O3S/c1-2-20-14-6-4-3-5-13(14)17-21(18,19)12-8-10(15)7-11(16)9-12/h3-9,17H,2,16H2,1H3. The summed E-state index contributed by atoms with van der Waals surface area (Å²) >= 11 is 0. The number of nitrogens with one attached hydrogen (secondary N) is 1.